The first-order valence-electron chi connectivity index (χ1n) is 14.6. The van der Waals surface area contributed by atoms with E-state index in [9.17, 15) is 14.9 Å². The number of aromatic amines is 1. The van der Waals surface area contributed by atoms with E-state index in [0.29, 0.717) is 17.1 Å². The third-order valence-electron chi connectivity index (χ3n) is 8.82. The standard InChI is InChI=1S/C31H38N6O3/c1-31(2,3)40-30(39)36-23-12-13-24(36)17-21(16-23)19-8-10-22(11-9-19)34-28-27-26(14-15-33-29(27)38)37(35-28)25-7-5-4-6-20(25)18-32/h8-11,14-15,20-21,23-25H,4-7,12-13,16-17H2,1-3H3,(H,33,38)(H,34,35). The number of amides is 1. The third kappa shape index (κ3) is 4.96. The molecule has 1 amide bonds. The van der Waals surface area contributed by atoms with E-state index < -0.39 is 5.60 Å². The summed E-state index contributed by atoms with van der Waals surface area (Å²) in [4.78, 5) is 30.5. The highest BCUT2D eigenvalue weighted by atomic mass is 16.6. The van der Waals surface area contributed by atoms with Gasteiger partial charge in [-0.1, -0.05) is 25.0 Å². The van der Waals surface area contributed by atoms with Crippen LogP contribution in [0.1, 0.15) is 89.7 Å². The molecule has 1 aromatic carbocycles. The van der Waals surface area contributed by atoms with E-state index in [1.807, 2.05) is 48.6 Å². The molecule has 4 heterocycles. The summed E-state index contributed by atoms with van der Waals surface area (Å²) >= 11 is 0. The van der Waals surface area contributed by atoms with Crippen molar-refractivity contribution in [3.05, 3.63) is 52.4 Å². The number of carbonyl (C=O) groups excluding carboxylic acids is 1. The molecule has 2 aliphatic heterocycles. The number of hydrogen-bond acceptors (Lipinski definition) is 6. The van der Waals surface area contributed by atoms with E-state index in [1.54, 1.807) is 6.20 Å². The maximum atomic E-state index is 12.9. The number of piperidine rings is 1. The second-order valence-corrected chi connectivity index (χ2v) is 12.6. The molecule has 0 radical (unpaired) electrons. The Balaban J connectivity index is 1.20. The topological polar surface area (TPSA) is 116 Å². The Morgan fingerprint density at radius 2 is 1.77 bits per heavy atom. The van der Waals surface area contributed by atoms with Gasteiger partial charge >= 0.3 is 6.09 Å². The molecule has 2 saturated heterocycles. The van der Waals surface area contributed by atoms with Crippen LogP contribution in [-0.4, -0.2) is 43.4 Å². The van der Waals surface area contributed by atoms with Crippen LogP contribution in [0.3, 0.4) is 0 Å². The van der Waals surface area contributed by atoms with Crippen LogP contribution in [0.5, 0.6) is 0 Å². The Hall–Kier alpha value is -3.80. The first-order chi connectivity index (χ1) is 19.2. The largest absolute Gasteiger partial charge is 0.444 e. The quantitative estimate of drug-likeness (QED) is 0.396. The van der Waals surface area contributed by atoms with Crippen molar-refractivity contribution in [2.75, 3.05) is 5.32 Å². The SMILES string of the molecule is CC(C)(C)OC(=O)N1C2CCC1CC(c1ccc(Nc3nn(C4CCCCC4C#N)c4cc[nH]c(=O)c34)cc1)C2. The van der Waals surface area contributed by atoms with Gasteiger partial charge in [0.1, 0.15) is 11.0 Å². The highest BCUT2D eigenvalue weighted by Gasteiger charge is 2.45. The number of rotatable bonds is 4. The molecule has 9 heteroatoms. The van der Waals surface area contributed by atoms with Crippen molar-refractivity contribution >= 4 is 28.5 Å². The predicted molar refractivity (Wildman–Crippen MR) is 154 cm³/mol. The molecule has 3 aliphatic rings. The zero-order chi connectivity index (χ0) is 28.0. The van der Waals surface area contributed by atoms with E-state index >= 15 is 0 Å². The van der Waals surface area contributed by atoms with Gasteiger partial charge in [0.15, 0.2) is 5.82 Å². The van der Waals surface area contributed by atoms with Gasteiger partial charge in [0.05, 0.1) is 23.5 Å². The van der Waals surface area contributed by atoms with Gasteiger partial charge in [-0.25, -0.2) is 4.79 Å². The zero-order valence-electron chi connectivity index (χ0n) is 23.5. The highest BCUT2D eigenvalue weighted by Crippen LogP contribution is 2.44. The number of anilines is 2. The summed E-state index contributed by atoms with van der Waals surface area (Å²) in [5, 5.41) is 18.5. The van der Waals surface area contributed by atoms with Crippen molar-refractivity contribution in [1.82, 2.24) is 19.7 Å². The summed E-state index contributed by atoms with van der Waals surface area (Å²) in [6.45, 7) is 5.74. The normalized spacial score (nSPS) is 26.4. The number of pyridine rings is 1. The number of hydrogen-bond donors (Lipinski definition) is 2. The molecule has 4 atom stereocenters. The number of nitriles is 1. The first kappa shape index (κ1) is 26.4. The van der Waals surface area contributed by atoms with Gasteiger partial charge in [-0.2, -0.15) is 10.4 Å². The maximum Gasteiger partial charge on any atom is 0.410 e. The van der Waals surface area contributed by atoms with Crippen LogP contribution in [0, 0.1) is 17.2 Å². The molecule has 40 heavy (non-hydrogen) atoms. The summed E-state index contributed by atoms with van der Waals surface area (Å²) in [5.74, 6) is 0.790. The van der Waals surface area contributed by atoms with Crippen LogP contribution >= 0.6 is 0 Å². The van der Waals surface area contributed by atoms with E-state index in [0.717, 1.165) is 62.6 Å². The summed E-state index contributed by atoms with van der Waals surface area (Å²) in [6, 6.07) is 13.1. The number of aromatic nitrogens is 3. The van der Waals surface area contributed by atoms with Gasteiger partial charge in [-0.15, -0.1) is 0 Å². The fourth-order valence-corrected chi connectivity index (χ4v) is 7.03. The molecule has 3 fully saturated rings. The second-order valence-electron chi connectivity index (χ2n) is 12.6. The average molecular weight is 543 g/mol. The molecule has 2 aromatic heterocycles. The summed E-state index contributed by atoms with van der Waals surface area (Å²) in [7, 11) is 0. The Morgan fingerprint density at radius 3 is 2.45 bits per heavy atom. The van der Waals surface area contributed by atoms with Crippen LogP contribution in [0.25, 0.3) is 10.9 Å². The number of carbonyl (C=O) groups is 1. The second kappa shape index (κ2) is 10.3. The van der Waals surface area contributed by atoms with E-state index in [1.165, 1.54) is 5.56 Å². The minimum atomic E-state index is -0.490. The smallest absolute Gasteiger partial charge is 0.410 e. The molecule has 9 nitrogen and oxygen atoms in total. The summed E-state index contributed by atoms with van der Waals surface area (Å²) in [5.41, 5.74) is 2.18. The minimum Gasteiger partial charge on any atom is -0.444 e. The van der Waals surface area contributed by atoms with Crippen molar-refractivity contribution in [3.63, 3.8) is 0 Å². The molecule has 1 saturated carbocycles. The lowest BCUT2D eigenvalue weighted by molar-refractivity contribution is 0.00584. The van der Waals surface area contributed by atoms with Gasteiger partial charge in [0.25, 0.3) is 5.56 Å². The Kier molecular flexibility index (Phi) is 6.81. The van der Waals surface area contributed by atoms with Crippen molar-refractivity contribution in [2.24, 2.45) is 5.92 Å². The number of nitrogens with zero attached hydrogens (tertiary/aromatic N) is 4. The number of benzene rings is 1. The van der Waals surface area contributed by atoms with Crippen molar-refractivity contribution in [2.45, 2.75) is 102 Å². The van der Waals surface area contributed by atoms with Crippen LogP contribution < -0.4 is 10.9 Å². The van der Waals surface area contributed by atoms with Crippen LogP contribution in [-0.2, 0) is 4.74 Å². The fraction of sp³-hybridized carbons (Fsp3) is 0.548. The third-order valence-corrected chi connectivity index (χ3v) is 8.82. The summed E-state index contributed by atoms with van der Waals surface area (Å²) in [6.07, 6.45) is 9.22. The Labute approximate surface area is 234 Å². The molecular weight excluding hydrogens is 504 g/mol. The van der Waals surface area contributed by atoms with Crippen molar-refractivity contribution in [3.8, 4) is 6.07 Å². The van der Waals surface area contributed by atoms with E-state index in [2.05, 4.69) is 28.5 Å². The zero-order valence-corrected chi connectivity index (χ0v) is 23.5. The lowest BCUT2D eigenvalue weighted by Gasteiger charge is -2.39. The molecule has 0 spiro atoms. The van der Waals surface area contributed by atoms with Crippen LogP contribution in [0.4, 0.5) is 16.3 Å². The van der Waals surface area contributed by atoms with Gasteiger partial charge in [-0.3, -0.25) is 9.48 Å². The number of H-pyrrole nitrogens is 1. The van der Waals surface area contributed by atoms with Gasteiger partial charge in [0.2, 0.25) is 0 Å². The molecule has 4 unspecified atom stereocenters. The molecule has 6 rings (SSSR count). The lowest BCUT2D eigenvalue weighted by Crippen LogP contribution is -2.48. The lowest BCUT2D eigenvalue weighted by atomic mass is 9.85. The molecule has 210 valence electrons. The number of nitrogens with one attached hydrogen (secondary N) is 2. The fourth-order valence-electron chi connectivity index (χ4n) is 7.03. The maximum absolute atomic E-state index is 12.9. The van der Waals surface area contributed by atoms with Gasteiger partial charge < -0.3 is 19.9 Å². The number of fused-ring (bicyclic) bond motifs is 3. The predicted octanol–water partition coefficient (Wildman–Crippen LogP) is 6.37. The van der Waals surface area contributed by atoms with Crippen molar-refractivity contribution in [1.29, 1.82) is 5.26 Å². The van der Waals surface area contributed by atoms with E-state index in [4.69, 9.17) is 9.84 Å². The van der Waals surface area contributed by atoms with E-state index in [-0.39, 0.29) is 35.7 Å². The molecule has 2 N–H and O–H groups in total. The highest BCUT2D eigenvalue weighted by molar-refractivity contribution is 5.91. The molecular formula is C31H38N6O3. The van der Waals surface area contributed by atoms with Gasteiger partial charge in [-0.05, 0) is 89.0 Å². The summed E-state index contributed by atoms with van der Waals surface area (Å²) < 4.78 is 7.58. The van der Waals surface area contributed by atoms with Crippen LogP contribution in [0.2, 0.25) is 0 Å². The number of ether oxygens (including phenoxy) is 1. The Bertz CT molecular complexity index is 1480. The van der Waals surface area contributed by atoms with Crippen LogP contribution in [0.15, 0.2) is 41.3 Å². The minimum absolute atomic E-state index is 0.0390. The monoisotopic (exact) mass is 542 g/mol. The van der Waals surface area contributed by atoms with Crippen molar-refractivity contribution < 1.29 is 9.53 Å². The average Bonchev–Trinajstić information content (AvgIpc) is 3.42. The Morgan fingerprint density at radius 1 is 1.07 bits per heavy atom. The molecule has 1 aliphatic carbocycles. The van der Waals surface area contributed by atoms with Gasteiger partial charge in [0, 0.05) is 24.0 Å². The first-order valence-corrected chi connectivity index (χ1v) is 14.6. The molecule has 3 aromatic rings. The molecule has 2 bridgehead atoms.